The number of hydrogen-bond donors (Lipinski definition) is 3. The monoisotopic (exact) mass is 210 g/mol. The Bertz CT molecular complexity index is 405. The molecule has 1 aromatic carbocycles. The minimum absolute atomic E-state index is 0.0220. The van der Waals surface area contributed by atoms with Crippen LogP contribution in [0.15, 0.2) is 18.2 Å². The molecule has 1 aromatic rings. The van der Waals surface area contributed by atoms with Crippen molar-refractivity contribution in [2.45, 2.75) is 6.92 Å². The highest BCUT2D eigenvalue weighted by Crippen LogP contribution is 2.20. The highest BCUT2D eigenvalue weighted by molar-refractivity contribution is 5.89. The number of non-ortho nitro benzene ring substituents is 1. The number of nitrogens with zero attached hydrogens (tertiary/aromatic N) is 1. The molecule has 0 saturated heterocycles. The number of nitrogens with two attached hydrogens (primary N) is 1. The topological polar surface area (TPSA) is 110 Å². The number of nitro groups is 1. The van der Waals surface area contributed by atoms with E-state index in [9.17, 15) is 14.9 Å². The van der Waals surface area contributed by atoms with Crippen molar-refractivity contribution in [2.75, 3.05) is 5.32 Å². The Morgan fingerprint density at radius 1 is 1.53 bits per heavy atom. The lowest BCUT2D eigenvalue weighted by atomic mass is 10.2. The van der Waals surface area contributed by atoms with Crippen molar-refractivity contribution in [2.24, 2.45) is 5.84 Å². The van der Waals surface area contributed by atoms with Gasteiger partial charge < -0.3 is 5.32 Å². The lowest BCUT2D eigenvalue weighted by molar-refractivity contribution is -0.384. The molecule has 0 radical (unpaired) electrons. The smallest absolute Gasteiger partial charge is 0.307 e. The van der Waals surface area contributed by atoms with Crippen LogP contribution in [0.1, 0.15) is 5.56 Å². The van der Waals surface area contributed by atoms with Crippen LogP contribution in [0.5, 0.6) is 0 Å². The SMILES string of the molecule is Cc1cc([N+](=O)[O-])ccc1NC(=O)NN. The van der Waals surface area contributed by atoms with Crippen molar-refractivity contribution >= 4 is 17.4 Å². The molecule has 0 bridgehead atoms. The molecule has 0 atom stereocenters. The second kappa shape index (κ2) is 4.38. The van der Waals surface area contributed by atoms with E-state index < -0.39 is 11.0 Å². The third-order valence-corrected chi connectivity index (χ3v) is 1.80. The van der Waals surface area contributed by atoms with Crippen LogP contribution in [-0.2, 0) is 0 Å². The fourth-order valence-electron chi connectivity index (χ4n) is 1.06. The number of hydrogen-bond acceptors (Lipinski definition) is 4. The van der Waals surface area contributed by atoms with Crippen molar-refractivity contribution in [3.05, 3.63) is 33.9 Å². The van der Waals surface area contributed by atoms with Crippen LogP contribution in [0.4, 0.5) is 16.2 Å². The molecule has 80 valence electrons. The standard InChI is InChI=1S/C8H10N4O3/c1-5-4-6(12(14)15)2-3-7(5)10-8(13)11-9/h2-4H,9H2,1H3,(H2,10,11,13). The molecule has 7 nitrogen and oxygen atoms in total. The van der Waals surface area contributed by atoms with Gasteiger partial charge in [-0.25, -0.2) is 10.6 Å². The summed E-state index contributed by atoms with van der Waals surface area (Å²) in [7, 11) is 0. The molecule has 0 saturated carbocycles. The average Bonchev–Trinajstić information content (AvgIpc) is 2.20. The summed E-state index contributed by atoms with van der Waals surface area (Å²) in [4.78, 5) is 20.8. The zero-order valence-corrected chi connectivity index (χ0v) is 7.98. The second-order valence-electron chi connectivity index (χ2n) is 2.85. The fraction of sp³-hybridized carbons (Fsp3) is 0.125. The minimum atomic E-state index is -0.577. The Kier molecular flexibility index (Phi) is 3.19. The van der Waals surface area contributed by atoms with Gasteiger partial charge in [-0.1, -0.05) is 0 Å². The summed E-state index contributed by atoms with van der Waals surface area (Å²) in [5.74, 6) is 4.88. The van der Waals surface area contributed by atoms with Crippen molar-refractivity contribution in [3.63, 3.8) is 0 Å². The summed E-state index contributed by atoms with van der Waals surface area (Å²) in [6.45, 7) is 1.65. The quantitative estimate of drug-likeness (QED) is 0.291. The van der Waals surface area contributed by atoms with Crippen LogP contribution < -0.4 is 16.6 Å². The second-order valence-corrected chi connectivity index (χ2v) is 2.85. The first-order valence-corrected chi connectivity index (χ1v) is 4.07. The Morgan fingerprint density at radius 2 is 2.20 bits per heavy atom. The Morgan fingerprint density at radius 3 is 2.67 bits per heavy atom. The first-order valence-electron chi connectivity index (χ1n) is 4.07. The molecule has 0 aliphatic heterocycles. The molecule has 1 rings (SSSR count). The number of carbonyl (C=O) groups excluding carboxylic acids is 1. The van der Waals surface area contributed by atoms with Crippen molar-refractivity contribution in [1.82, 2.24) is 5.43 Å². The lowest BCUT2D eigenvalue weighted by Gasteiger charge is -2.06. The van der Waals surface area contributed by atoms with E-state index in [2.05, 4.69) is 5.32 Å². The summed E-state index contributed by atoms with van der Waals surface area (Å²) in [5.41, 5.74) is 2.94. The van der Waals surface area contributed by atoms with Crippen LogP contribution in [0.3, 0.4) is 0 Å². The van der Waals surface area contributed by atoms with E-state index in [0.717, 1.165) is 0 Å². The van der Waals surface area contributed by atoms with Gasteiger partial charge in [0.2, 0.25) is 0 Å². The number of aryl methyl sites for hydroxylation is 1. The largest absolute Gasteiger partial charge is 0.333 e. The zero-order valence-electron chi connectivity index (χ0n) is 7.98. The molecule has 0 fully saturated rings. The molecule has 0 heterocycles. The molecule has 0 aliphatic rings. The Hall–Kier alpha value is -2.15. The molecule has 0 unspecified atom stereocenters. The van der Waals surface area contributed by atoms with E-state index in [1.807, 2.05) is 5.43 Å². The van der Waals surface area contributed by atoms with E-state index in [1.54, 1.807) is 6.92 Å². The van der Waals surface area contributed by atoms with Crippen LogP contribution in [0.2, 0.25) is 0 Å². The first-order chi connectivity index (χ1) is 7.04. The molecule has 0 spiro atoms. The third kappa shape index (κ3) is 2.64. The van der Waals surface area contributed by atoms with E-state index in [-0.39, 0.29) is 5.69 Å². The number of anilines is 1. The molecule has 0 aliphatic carbocycles. The van der Waals surface area contributed by atoms with Gasteiger partial charge in [0, 0.05) is 17.8 Å². The van der Waals surface area contributed by atoms with E-state index in [4.69, 9.17) is 5.84 Å². The van der Waals surface area contributed by atoms with Gasteiger partial charge in [-0.15, -0.1) is 0 Å². The Labute approximate surface area is 85.4 Å². The van der Waals surface area contributed by atoms with Crippen molar-refractivity contribution in [3.8, 4) is 0 Å². The molecule has 0 aromatic heterocycles. The van der Waals surface area contributed by atoms with Gasteiger partial charge in [0.1, 0.15) is 0 Å². The van der Waals surface area contributed by atoms with Crippen LogP contribution in [-0.4, -0.2) is 11.0 Å². The van der Waals surface area contributed by atoms with E-state index in [0.29, 0.717) is 11.3 Å². The van der Waals surface area contributed by atoms with E-state index >= 15 is 0 Å². The summed E-state index contributed by atoms with van der Waals surface area (Å²) in [5, 5.41) is 12.9. The van der Waals surface area contributed by atoms with Crippen LogP contribution >= 0.6 is 0 Å². The van der Waals surface area contributed by atoms with Crippen molar-refractivity contribution < 1.29 is 9.72 Å². The number of hydrazine groups is 1. The number of urea groups is 1. The van der Waals surface area contributed by atoms with Gasteiger partial charge in [-0.2, -0.15) is 0 Å². The minimum Gasteiger partial charge on any atom is -0.307 e. The Balaban J connectivity index is 2.93. The normalized spacial score (nSPS) is 9.47. The third-order valence-electron chi connectivity index (χ3n) is 1.80. The summed E-state index contributed by atoms with van der Waals surface area (Å²) in [6, 6.07) is 3.54. The fourth-order valence-corrected chi connectivity index (χ4v) is 1.06. The molecular weight excluding hydrogens is 200 g/mol. The van der Waals surface area contributed by atoms with Gasteiger partial charge in [0.25, 0.3) is 5.69 Å². The molecule has 4 N–H and O–H groups in total. The van der Waals surface area contributed by atoms with Crippen LogP contribution in [0, 0.1) is 17.0 Å². The van der Waals surface area contributed by atoms with E-state index in [1.165, 1.54) is 18.2 Å². The summed E-state index contributed by atoms with van der Waals surface area (Å²) in [6.07, 6.45) is 0. The number of benzene rings is 1. The van der Waals surface area contributed by atoms with Gasteiger partial charge in [0.15, 0.2) is 0 Å². The van der Waals surface area contributed by atoms with Gasteiger partial charge in [0.05, 0.1) is 4.92 Å². The molecule has 2 amide bonds. The van der Waals surface area contributed by atoms with Crippen LogP contribution in [0.25, 0.3) is 0 Å². The predicted molar refractivity (Wildman–Crippen MR) is 54.2 cm³/mol. The highest BCUT2D eigenvalue weighted by Gasteiger charge is 2.09. The molecule has 7 heteroatoms. The van der Waals surface area contributed by atoms with Gasteiger partial charge >= 0.3 is 6.03 Å². The number of rotatable bonds is 2. The maximum Gasteiger partial charge on any atom is 0.333 e. The first kappa shape index (κ1) is 10.9. The maximum atomic E-state index is 10.9. The number of carbonyl (C=O) groups is 1. The predicted octanol–water partition coefficient (Wildman–Crippen LogP) is 0.898. The summed E-state index contributed by atoms with van der Waals surface area (Å²) < 4.78 is 0. The number of nitro benzene ring substituents is 1. The molecule has 15 heavy (non-hydrogen) atoms. The average molecular weight is 210 g/mol. The molecular formula is C8H10N4O3. The van der Waals surface area contributed by atoms with Gasteiger partial charge in [-0.05, 0) is 18.6 Å². The zero-order chi connectivity index (χ0) is 11.4. The lowest BCUT2D eigenvalue weighted by Crippen LogP contribution is -2.34. The highest BCUT2D eigenvalue weighted by atomic mass is 16.6. The maximum absolute atomic E-state index is 10.9. The van der Waals surface area contributed by atoms with Gasteiger partial charge in [-0.3, -0.25) is 15.5 Å². The summed E-state index contributed by atoms with van der Waals surface area (Å²) >= 11 is 0. The number of amides is 2. The number of nitrogens with one attached hydrogen (secondary N) is 2. The van der Waals surface area contributed by atoms with Crippen molar-refractivity contribution in [1.29, 1.82) is 0 Å².